The molecule has 0 aliphatic carbocycles. The summed E-state index contributed by atoms with van der Waals surface area (Å²) in [6, 6.07) is 0. The highest BCUT2D eigenvalue weighted by atomic mass is 32.2. The minimum Gasteiger partial charge on any atom is -0.376 e. The Labute approximate surface area is 121 Å². The van der Waals surface area contributed by atoms with E-state index in [2.05, 4.69) is 23.8 Å². The van der Waals surface area contributed by atoms with Crippen molar-refractivity contribution in [3.8, 4) is 0 Å². The van der Waals surface area contributed by atoms with Crippen LogP contribution in [-0.4, -0.2) is 32.8 Å². The Balaban J connectivity index is 1.89. The van der Waals surface area contributed by atoms with Crippen molar-refractivity contribution in [2.24, 2.45) is 0 Å². The molecule has 0 aromatic carbocycles. The fraction of sp³-hybridized carbons (Fsp3) is 0.692. The first-order valence-electron chi connectivity index (χ1n) is 6.62. The van der Waals surface area contributed by atoms with E-state index in [0.29, 0.717) is 34.5 Å². The number of aromatic amines is 1. The number of thioether (sulfide) groups is 2. The highest BCUT2D eigenvalue weighted by molar-refractivity contribution is 8.07. The van der Waals surface area contributed by atoms with Gasteiger partial charge in [-0.25, -0.2) is 4.98 Å². The molecule has 1 aromatic heterocycles. The summed E-state index contributed by atoms with van der Waals surface area (Å²) < 4.78 is 5.32. The zero-order valence-electron chi connectivity index (χ0n) is 11.1. The van der Waals surface area contributed by atoms with E-state index in [0.717, 1.165) is 23.7 Å². The van der Waals surface area contributed by atoms with Crippen LogP contribution in [0.5, 0.6) is 0 Å². The molecule has 3 heterocycles. The third-order valence-corrected chi connectivity index (χ3v) is 7.10. The monoisotopic (exact) mass is 298 g/mol. The van der Waals surface area contributed by atoms with E-state index in [1.54, 1.807) is 0 Å². The predicted octanol–water partition coefficient (Wildman–Crippen LogP) is 2.14. The SMILES string of the molecule is CC1SCC(c2nc3c(c(=O)[nH]2)COCC3)SC1C. The van der Waals surface area contributed by atoms with Crippen LogP contribution < -0.4 is 5.56 Å². The van der Waals surface area contributed by atoms with Gasteiger partial charge >= 0.3 is 0 Å². The topological polar surface area (TPSA) is 55.0 Å². The molecule has 3 unspecified atom stereocenters. The Hall–Kier alpha value is -0.460. The molecule has 2 aliphatic rings. The third kappa shape index (κ3) is 2.71. The summed E-state index contributed by atoms with van der Waals surface area (Å²) in [4.78, 5) is 19.7. The smallest absolute Gasteiger partial charge is 0.256 e. The lowest BCUT2D eigenvalue weighted by atomic mass is 10.1. The maximum atomic E-state index is 12.1. The lowest BCUT2D eigenvalue weighted by molar-refractivity contribution is 0.108. The molecule has 1 N–H and O–H groups in total. The highest BCUT2D eigenvalue weighted by Gasteiger charge is 2.29. The molecule has 0 saturated carbocycles. The first-order chi connectivity index (χ1) is 9.15. The second-order valence-corrected chi connectivity index (χ2v) is 8.04. The van der Waals surface area contributed by atoms with Gasteiger partial charge in [-0.2, -0.15) is 11.8 Å². The summed E-state index contributed by atoms with van der Waals surface area (Å²) >= 11 is 3.89. The summed E-state index contributed by atoms with van der Waals surface area (Å²) in [5, 5.41) is 1.56. The summed E-state index contributed by atoms with van der Waals surface area (Å²) in [6.07, 6.45) is 0.753. The molecule has 0 amide bonds. The van der Waals surface area contributed by atoms with Gasteiger partial charge < -0.3 is 9.72 Å². The van der Waals surface area contributed by atoms with Gasteiger partial charge in [-0.15, -0.1) is 11.8 Å². The molecule has 1 fully saturated rings. The summed E-state index contributed by atoms with van der Waals surface area (Å²) in [5.74, 6) is 1.87. The van der Waals surface area contributed by atoms with Crippen LogP contribution in [0.15, 0.2) is 4.79 Å². The van der Waals surface area contributed by atoms with Gasteiger partial charge in [0.2, 0.25) is 0 Å². The molecule has 4 nitrogen and oxygen atoms in total. The quantitative estimate of drug-likeness (QED) is 0.861. The first-order valence-corrected chi connectivity index (χ1v) is 8.61. The van der Waals surface area contributed by atoms with Crippen molar-refractivity contribution in [2.75, 3.05) is 12.4 Å². The van der Waals surface area contributed by atoms with Gasteiger partial charge in [-0.3, -0.25) is 4.79 Å². The Morgan fingerprint density at radius 3 is 3.00 bits per heavy atom. The molecule has 3 rings (SSSR count). The number of nitrogens with zero attached hydrogens (tertiary/aromatic N) is 1. The van der Waals surface area contributed by atoms with E-state index in [9.17, 15) is 4.79 Å². The van der Waals surface area contributed by atoms with Gasteiger partial charge in [0.15, 0.2) is 0 Å². The Kier molecular flexibility index (Phi) is 3.91. The molecule has 19 heavy (non-hydrogen) atoms. The van der Waals surface area contributed by atoms with Gasteiger partial charge in [0.25, 0.3) is 5.56 Å². The second-order valence-electron chi connectivity index (χ2n) is 5.05. The molecule has 1 aromatic rings. The Bertz CT molecular complexity index is 532. The fourth-order valence-corrected chi connectivity index (χ4v) is 5.21. The molecule has 0 spiro atoms. The van der Waals surface area contributed by atoms with Crippen LogP contribution in [0.25, 0.3) is 0 Å². The molecule has 3 atom stereocenters. The zero-order chi connectivity index (χ0) is 13.4. The van der Waals surface area contributed by atoms with E-state index < -0.39 is 0 Å². The van der Waals surface area contributed by atoms with Crippen LogP contribution in [0.4, 0.5) is 0 Å². The minimum absolute atomic E-state index is 0.0171. The number of hydrogen-bond donors (Lipinski definition) is 1. The van der Waals surface area contributed by atoms with Gasteiger partial charge in [-0.1, -0.05) is 13.8 Å². The van der Waals surface area contributed by atoms with Crippen molar-refractivity contribution in [3.05, 3.63) is 27.4 Å². The van der Waals surface area contributed by atoms with Crippen LogP contribution in [0.3, 0.4) is 0 Å². The molecule has 2 aliphatic heterocycles. The zero-order valence-corrected chi connectivity index (χ0v) is 12.8. The van der Waals surface area contributed by atoms with Crippen LogP contribution >= 0.6 is 23.5 Å². The van der Waals surface area contributed by atoms with Gasteiger partial charge in [0.05, 0.1) is 29.7 Å². The van der Waals surface area contributed by atoms with E-state index in [4.69, 9.17) is 4.74 Å². The van der Waals surface area contributed by atoms with Crippen LogP contribution in [0, 0.1) is 0 Å². The number of aromatic nitrogens is 2. The van der Waals surface area contributed by atoms with Crippen LogP contribution in [-0.2, 0) is 17.8 Å². The molecule has 104 valence electrons. The van der Waals surface area contributed by atoms with Crippen molar-refractivity contribution >= 4 is 23.5 Å². The molecular weight excluding hydrogens is 280 g/mol. The molecular formula is C13H18N2O2S2. The third-order valence-electron chi connectivity index (χ3n) is 3.70. The average Bonchev–Trinajstić information content (AvgIpc) is 2.42. The number of nitrogens with one attached hydrogen (secondary N) is 1. The van der Waals surface area contributed by atoms with Crippen molar-refractivity contribution < 1.29 is 4.74 Å². The summed E-state index contributed by atoms with van der Waals surface area (Å²) in [7, 11) is 0. The number of ether oxygens (including phenoxy) is 1. The Morgan fingerprint density at radius 1 is 1.37 bits per heavy atom. The standard InChI is InChI=1S/C13H18N2O2S2/c1-7-8(2)19-11(6-18-7)12-14-10-3-4-17-5-9(10)13(16)15-12/h7-8,11H,3-6H2,1-2H3,(H,14,15,16). The van der Waals surface area contributed by atoms with E-state index in [1.807, 2.05) is 23.5 Å². The lowest BCUT2D eigenvalue weighted by Gasteiger charge is -2.31. The van der Waals surface area contributed by atoms with E-state index >= 15 is 0 Å². The molecule has 1 saturated heterocycles. The van der Waals surface area contributed by atoms with Crippen molar-refractivity contribution in [3.63, 3.8) is 0 Å². The van der Waals surface area contributed by atoms with Crippen LogP contribution in [0.2, 0.25) is 0 Å². The number of fused-ring (bicyclic) bond motifs is 1. The van der Waals surface area contributed by atoms with Gasteiger partial charge in [0, 0.05) is 22.7 Å². The average molecular weight is 298 g/mol. The number of rotatable bonds is 1. The second kappa shape index (κ2) is 5.50. The number of hydrogen-bond acceptors (Lipinski definition) is 5. The van der Waals surface area contributed by atoms with E-state index in [1.165, 1.54) is 0 Å². The molecule has 0 bridgehead atoms. The minimum atomic E-state index is -0.0171. The molecule has 0 radical (unpaired) electrons. The van der Waals surface area contributed by atoms with Gasteiger partial charge in [0.1, 0.15) is 5.82 Å². The lowest BCUT2D eigenvalue weighted by Crippen LogP contribution is -2.28. The van der Waals surface area contributed by atoms with Crippen LogP contribution in [0.1, 0.15) is 36.2 Å². The molecule has 6 heteroatoms. The summed E-state index contributed by atoms with van der Waals surface area (Å²) in [5.41, 5.74) is 1.63. The van der Waals surface area contributed by atoms with Crippen molar-refractivity contribution in [2.45, 2.75) is 42.6 Å². The maximum Gasteiger partial charge on any atom is 0.256 e. The maximum absolute atomic E-state index is 12.1. The largest absolute Gasteiger partial charge is 0.376 e. The van der Waals surface area contributed by atoms with E-state index in [-0.39, 0.29) is 5.56 Å². The van der Waals surface area contributed by atoms with Crippen molar-refractivity contribution in [1.29, 1.82) is 0 Å². The highest BCUT2D eigenvalue weighted by Crippen LogP contribution is 2.43. The van der Waals surface area contributed by atoms with Crippen molar-refractivity contribution in [1.82, 2.24) is 9.97 Å². The number of H-pyrrole nitrogens is 1. The normalized spacial score (nSPS) is 30.9. The predicted molar refractivity (Wildman–Crippen MR) is 79.9 cm³/mol. The Morgan fingerprint density at radius 2 is 2.21 bits per heavy atom. The fourth-order valence-electron chi connectivity index (χ4n) is 2.34. The summed E-state index contributed by atoms with van der Waals surface area (Å²) in [6.45, 7) is 5.58. The first kappa shape index (κ1) is 13.5. The van der Waals surface area contributed by atoms with Gasteiger partial charge in [-0.05, 0) is 0 Å².